The van der Waals surface area contributed by atoms with Crippen molar-refractivity contribution in [2.24, 2.45) is 0 Å². The highest BCUT2D eigenvalue weighted by Gasteiger charge is 2.23. The van der Waals surface area contributed by atoms with E-state index in [0.29, 0.717) is 0 Å². The van der Waals surface area contributed by atoms with Gasteiger partial charge in [0.2, 0.25) is 0 Å². The second-order valence-electron chi connectivity index (χ2n) is 6.40. The summed E-state index contributed by atoms with van der Waals surface area (Å²) in [7, 11) is 5.85. The zero-order valence-corrected chi connectivity index (χ0v) is 12.5. The molecule has 0 aliphatic heterocycles. The maximum atomic E-state index is 12.0. The summed E-state index contributed by atoms with van der Waals surface area (Å²) in [4.78, 5) is 12.0. The summed E-state index contributed by atoms with van der Waals surface area (Å²) in [5.74, 6) is 0. The molecule has 0 saturated heterocycles. The van der Waals surface area contributed by atoms with Gasteiger partial charge in [-0.2, -0.15) is 0 Å². The van der Waals surface area contributed by atoms with Crippen LogP contribution in [-0.4, -0.2) is 19.5 Å². The topological polar surface area (TPSA) is 38.3 Å². The third kappa shape index (κ3) is 4.02. The number of fused-ring (bicyclic) bond motifs is 1. The SMILES string of the molecule is [B]c1ccc2c(c1)CCCCC2NC(=O)OC(C)(C)C. The molecule has 0 fully saturated rings. The van der Waals surface area contributed by atoms with Gasteiger partial charge in [-0.05, 0) is 51.2 Å². The van der Waals surface area contributed by atoms with Gasteiger partial charge in [0.25, 0.3) is 0 Å². The molecule has 2 radical (unpaired) electrons. The second kappa shape index (κ2) is 5.90. The Morgan fingerprint density at radius 3 is 2.80 bits per heavy atom. The molecule has 4 heteroatoms. The maximum absolute atomic E-state index is 12.0. The molecule has 2 rings (SSSR count). The van der Waals surface area contributed by atoms with Gasteiger partial charge in [0, 0.05) is 0 Å². The van der Waals surface area contributed by atoms with Gasteiger partial charge in [-0.3, -0.25) is 0 Å². The van der Waals surface area contributed by atoms with Gasteiger partial charge < -0.3 is 10.1 Å². The molecule has 20 heavy (non-hydrogen) atoms. The molecule has 1 aliphatic rings. The van der Waals surface area contributed by atoms with E-state index in [2.05, 4.69) is 5.32 Å². The van der Waals surface area contributed by atoms with Gasteiger partial charge >= 0.3 is 6.09 Å². The first-order valence-corrected chi connectivity index (χ1v) is 7.23. The number of alkyl carbamates (subject to hydrolysis) is 1. The van der Waals surface area contributed by atoms with Crippen molar-refractivity contribution >= 4 is 19.4 Å². The fraction of sp³-hybridized carbons (Fsp3) is 0.562. The van der Waals surface area contributed by atoms with Crippen molar-refractivity contribution in [1.29, 1.82) is 0 Å². The molecular formula is C16H22BNO2. The van der Waals surface area contributed by atoms with Crippen molar-refractivity contribution in [2.75, 3.05) is 0 Å². The van der Waals surface area contributed by atoms with Crippen LogP contribution in [0.2, 0.25) is 0 Å². The van der Waals surface area contributed by atoms with Crippen LogP contribution in [0.1, 0.15) is 57.2 Å². The predicted octanol–water partition coefficient (Wildman–Crippen LogP) is 2.77. The molecule has 1 aromatic carbocycles. The van der Waals surface area contributed by atoms with Crippen LogP contribution in [-0.2, 0) is 11.2 Å². The fourth-order valence-corrected chi connectivity index (χ4v) is 2.60. The fourth-order valence-electron chi connectivity index (χ4n) is 2.60. The Balaban J connectivity index is 2.14. The normalized spacial score (nSPS) is 18.9. The van der Waals surface area contributed by atoms with Crippen LogP contribution in [0.4, 0.5) is 4.79 Å². The van der Waals surface area contributed by atoms with E-state index in [1.807, 2.05) is 39.0 Å². The molecule has 0 heterocycles. The molecule has 1 unspecified atom stereocenters. The minimum atomic E-state index is -0.473. The summed E-state index contributed by atoms with van der Waals surface area (Å²) in [6.45, 7) is 5.61. The van der Waals surface area contributed by atoms with E-state index >= 15 is 0 Å². The third-order valence-electron chi connectivity index (χ3n) is 3.42. The first-order valence-electron chi connectivity index (χ1n) is 7.23. The second-order valence-corrected chi connectivity index (χ2v) is 6.40. The third-order valence-corrected chi connectivity index (χ3v) is 3.42. The summed E-state index contributed by atoms with van der Waals surface area (Å²) < 4.78 is 5.35. The van der Waals surface area contributed by atoms with E-state index in [1.54, 1.807) is 0 Å². The predicted molar refractivity (Wildman–Crippen MR) is 81.5 cm³/mol. The number of carbonyl (C=O) groups excluding carboxylic acids is 1. The van der Waals surface area contributed by atoms with Crippen LogP contribution in [0.5, 0.6) is 0 Å². The number of hydrogen-bond acceptors (Lipinski definition) is 2. The van der Waals surface area contributed by atoms with Crippen LogP contribution < -0.4 is 10.8 Å². The van der Waals surface area contributed by atoms with E-state index < -0.39 is 5.60 Å². The number of hydrogen-bond donors (Lipinski definition) is 1. The van der Waals surface area contributed by atoms with Crippen LogP contribution in [0, 0.1) is 0 Å². The van der Waals surface area contributed by atoms with E-state index in [0.717, 1.165) is 31.1 Å². The molecule has 0 aromatic heterocycles. The number of nitrogens with one attached hydrogen (secondary N) is 1. The van der Waals surface area contributed by atoms with E-state index in [1.165, 1.54) is 11.1 Å². The molecule has 1 amide bonds. The smallest absolute Gasteiger partial charge is 0.408 e. The van der Waals surface area contributed by atoms with Crippen molar-refractivity contribution < 1.29 is 9.53 Å². The minimum absolute atomic E-state index is 0.0166. The average Bonchev–Trinajstić information content (AvgIpc) is 2.49. The largest absolute Gasteiger partial charge is 0.444 e. The maximum Gasteiger partial charge on any atom is 0.408 e. The number of rotatable bonds is 1. The van der Waals surface area contributed by atoms with Crippen molar-refractivity contribution in [3.8, 4) is 0 Å². The number of aryl methyl sites for hydroxylation is 1. The van der Waals surface area contributed by atoms with E-state index in [-0.39, 0.29) is 12.1 Å². The van der Waals surface area contributed by atoms with Crippen molar-refractivity contribution in [1.82, 2.24) is 5.32 Å². The Bertz CT molecular complexity index is 494. The first-order chi connectivity index (χ1) is 9.35. The molecule has 3 nitrogen and oxygen atoms in total. The molecular weight excluding hydrogens is 249 g/mol. The summed E-state index contributed by atoms with van der Waals surface area (Å²) in [5, 5.41) is 2.99. The summed E-state index contributed by atoms with van der Waals surface area (Å²) in [6.07, 6.45) is 3.83. The Kier molecular flexibility index (Phi) is 4.41. The lowest BCUT2D eigenvalue weighted by Gasteiger charge is -2.24. The summed E-state index contributed by atoms with van der Waals surface area (Å²) in [5.41, 5.74) is 2.71. The van der Waals surface area contributed by atoms with Crippen molar-refractivity contribution in [3.05, 3.63) is 29.3 Å². The van der Waals surface area contributed by atoms with Gasteiger partial charge in [-0.1, -0.05) is 30.1 Å². The number of amides is 1. The molecule has 0 saturated carbocycles. The number of benzene rings is 1. The summed E-state index contributed by atoms with van der Waals surface area (Å²) in [6, 6.07) is 5.96. The molecule has 0 bridgehead atoms. The molecule has 0 spiro atoms. The van der Waals surface area contributed by atoms with Crippen LogP contribution in [0.25, 0.3) is 0 Å². The minimum Gasteiger partial charge on any atom is -0.444 e. The lowest BCUT2D eigenvalue weighted by molar-refractivity contribution is 0.0501. The molecule has 1 N–H and O–H groups in total. The van der Waals surface area contributed by atoms with Gasteiger partial charge in [0.1, 0.15) is 13.4 Å². The standard InChI is InChI=1S/C16H22BNO2/c1-16(2,3)20-15(19)18-14-7-5-4-6-11-10-12(17)8-9-13(11)14/h8-10,14H,4-7H2,1-3H3,(H,18,19). The lowest BCUT2D eigenvalue weighted by Crippen LogP contribution is -2.35. The molecule has 1 aliphatic carbocycles. The zero-order valence-electron chi connectivity index (χ0n) is 12.5. The highest BCUT2D eigenvalue weighted by Crippen LogP contribution is 2.28. The Labute approximate surface area is 122 Å². The number of carbonyl (C=O) groups is 1. The highest BCUT2D eigenvalue weighted by atomic mass is 16.6. The Morgan fingerprint density at radius 2 is 2.10 bits per heavy atom. The van der Waals surface area contributed by atoms with Crippen LogP contribution in [0.15, 0.2) is 18.2 Å². The first kappa shape index (κ1) is 15.0. The van der Waals surface area contributed by atoms with Gasteiger partial charge in [-0.15, -0.1) is 0 Å². The van der Waals surface area contributed by atoms with E-state index in [4.69, 9.17) is 12.6 Å². The molecule has 106 valence electrons. The van der Waals surface area contributed by atoms with Crippen molar-refractivity contribution in [3.63, 3.8) is 0 Å². The lowest BCUT2D eigenvalue weighted by atomic mass is 9.89. The number of ether oxygens (including phenoxy) is 1. The monoisotopic (exact) mass is 271 g/mol. The zero-order chi connectivity index (χ0) is 14.8. The average molecular weight is 271 g/mol. The molecule has 1 aromatic rings. The van der Waals surface area contributed by atoms with Gasteiger partial charge in [0.15, 0.2) is 0 Å². The van der Waals surface area contributed by atoms with Crippen LogP contribution >= 0.6 is 0 Å². The molecule has 1 atom stereocenters. The Hall–Kier alpha value is -1.45. The van der Waals surface area contributed by atoms with Gasteiger partial charge in [0.05, 0.1) is 6.04 Å². The van der Waals surface area contributed by atoms with E-state index in [9.17, 15) is 4.79 Å². The highest BCUT2D eigenvalue weighted by molar-refractivity contribution is 6.32. The van der Waals surface area contributed by atoms with Crippen molar-refractivity contribution in [2.45, 2.75) is 58.1 Å². The summed E-state index contributed by atoms with van der Waals surface area (Å²) >= 11 is 0. The van der Waals surface area contributed by atoms with Crippen LogP contribution in [0.3, 0.4) is 0 Å². The Morgan fingerprint density at radius 1 is 1.35 bits per heavy atom. The quantitative estimate of drug-likeness (QED) is 0.630. The van der Waals surface area contributed by atoms with Gasteiger partial charge in [-0.25, -0.2) is 4.79 Å².